The van der Waals surface area contributed by atoms with Crippen LogP contribution in [0.15, 0.2) is 18.2 Å². The second-order valence-electron chi connectivity index (χ2n) is 5.85. The quantitative estimate of drug-likeness (QED) is 0.908. The normalized spacial score (nSPS) is 25.2. The van der Waals surface area contributed by atoms with Crippen molar-refractivity contribution in [2.45, 2.75) is 45.7 Å². The third-order valence-electron chi connectivity index (χ3n) is 4.17. The molecule has 0 spiro atoms. The molecular weight excluding hydrogens is 236 g/mol. The number of nitrogens with zero attached hydrogens (tertiary/aromatic N) is 1. The van der Waals surface area contributed by atoms with Gasteiger partial charge in [-0.15, -0.1) is 0 Å². The van der Waals surface area contributed by atoms with Gasteiger partial charge >= 0.3 is 0 Å². The molecule has 2 N–H and O–H groups in total. The summed E-state index contributed by atoms with van der Waals surface area (Å²) in [6.07, 6.45) is 2.50. The molecule has 1 aliphatic heterocycles. The van der Waals surface area contributed by atoms with Crippen LogP contribution < -0.4 is 15.4 Å². The third-order valence-corrected chi connectivity index (χ3v) is 4.17. The molecule has 0 bridgehead atoms. The van der Waals surface area contributed by atoms with Crippen LogP contribution in [0.1, 0.15) is 45.2 Å². The highest BCUT2D eigenvalue weighted by atomic mass is 16.5. The van der Waals surface area contributed by atoms with Gasteiger partial charge in [0, 0.05) is 29.9 Å². The Labute approximate surface area is 116 Å². The Balaban J connectivity index is 2.38. The molecule has 1 aromatic rings. The highest BCUT2D eigenvalue weighted by Gasteiger charge is 2.26. The van der Waals surface area contributed by atoms with Crippen LogP contribution in [0.4, 0.5) is 5.69 Å². The van der Waals surface area contributed by atoms with Crippen molar-refractivity contribution < 1.29 is 4.74 Å². The zero-order valence-corrected chi connectivity index (χ0v) is 12.5. The smallest absolute Gasteiger partial charge is 0.125 e. The van der Waals surface area contributed by atoms with E-state index in [4.69, 9.17) is 10.5 Å². The van der Waals surface area contributed by atoms with Gasteiger partial charge in [-0.3, -0.25) is 0 Å². The topological polar surface area (TPSA) is 38.5 Å². The maximum atomic E-state index is 6.16. The first-order valence-electron chi connectivity index (χ1n) is 7.23. The summed E-state index contributed by atoms with van der Waals surface area (Å²) in [4.78, 5) is 2.49. The number of methoxy groups -OCH3 is 1. The minimum atomic E-state index is -0.0160. The zero-order chi connectivity index (χ0) is 14.0. The van der Waals surface area contributed by atoms with Gasteiger partial charge in [0.1, 0.15) is 5.75 Å². The van der Waals surface area contributed by atoms with E-state index in [2.05, 4.69) is 30.9 Å². The third kappa shape index (κ3) is 2.86. The lowest BCUT2D eigenvalue weighted by Crippen LogP contribution is -2.41. The van der Waals surface area contributed by atoms with E-state index in [9.17, 15) is 0 Å². The lowest BCUT2D eigenvalue weighted by atomic mass is 9.91. The second kappa shape index (κ2) is 5.83. The fraction of sp³-hybridized carbons (Fsp3) is 0.625. The van der Waals surface area contributed by atoms with Crippen molar-refractivity contribution in [3.05, 3.63) is 23.8 Å². The lowest BCUT2D eigenvalue weighted by Gasteiger charge is -2.40. The van der Waals surface area contributed by atoms with Crippen molar-refractivity contribution >= 4 is 5.69 Å². The molecule has 1 saturated heterocycles. The number of hydrogen-bond acceptors (Lipinski definition) is 3. The molecule has 0 radical (unpaired) electrons. The van der Waals surface area contributed by atoms with Gasteiger partial charge in [-0.2, -0.15) is 0 Å². The van der Waals surface area contributed by atoms with Crippen molar-refractivity contribution in [3.8, 4) is 5.75 Å². The van der Waals surface area contributed by atoms with Crippen LogP contribution in [-0.4, -0.2) is 19.7 Å². The highest BCUT2D eigenvalue weighted by molar-refractivity contribution is 5.61. The van der Waals surface area contributed by atoms with E-state index < -0.39 is 0 Å². The van der Waals surface area contributed by atoms with E-state index in [1.165, 1.54) is 18.5 Å². The fourth-order valence-corrected chi connectivity index (χ4v) is 3.18. The van der Waals surface area contributed by atoms with Crippen LogP contribution in [0.2, 0.25) is 0 Å². The number of hydrogen-bond donors (Lipinski definition) is 1. The predicted octanol–water partition coefficient (Wildman–Crippen LogP) is 3.34. The molecule has 3 nitrogen and oxygen atoms in total. The molecule has 3 heteroatoms. The van der Waals surface area contributed by atoms with Gasteiger partial charge in [-0.05, 0) is 44.7 Å². The van der Waals surface area contributed by atoms with Gasteiger partial charge < -0.3 is 15.4 Å². The first-order chi connectivity index (χ1) is 9.04. The van der Waals surface area contributed by atoms with Crippen LogP contribution >= 0.6 is 0 Å². The van der Waals surface area contributed by atoms with Crippen molar-refractivity contribution in [1.82, 2.24) is 0 Å². The Morgan fingerprint density at radius 3 is 2.68 bits per heavy atom. The molecule has 0 saturated carbocycles. The Morgan fingerprint density at radius 1 is 1.37 bits per heavy atom. The minimum Gasteiger partial charge on any atom is -0.496 e. The lowest BCUT2D eigenvalue weighted by molar-refractivity contribution is 0.374. The summed E-state index contributed by atoms with van der Waals surface area (Å²) < 4.78 is 5.49. The SMILES string of the molecule is COc1cccc(N2CCC(C)CC2C)c1C(C)N. The number of piperidine rings is 1. The second-order valence-corrected chi connectivity index (χ2v) is 5.85. The Hall–Kier alpha value is -1.22. The Bertz CT molecular complexity index is 431. The van der Waals surface area contributed by atoms with E-state index in [-0.39, 0.29) is 6.04 Å². The first kappa shape index (κ1) is 14.2. The van der Waals surface area contributed by atoms with Crippen LogP contribution in [0.25, 0.3) is 0 Å². The minimum absolute atomic E-state index is 0.0160. The molecule has 106 valence electrons. The summed E-state index contributed by atoms with van der Waals surface area (Å²) in [7, 11) is 1.71. The van der Waals surface area contributed by atoms with Gasteiger partial charge in [0.15, 0.2) is 0 Å². The summed E-state index contributed by atoms with van der Waals surface area (Å²) in [5.41, 5.74) is 8.54. The Kier molecular flexibility index (Phi) is 4.35. The first-order valence-corrected chi connectivity index (χ1v) is 7.23. The van der Waals surface area contributed by atoms with Gasteiger partial charge in [-0.1, -0.05) is 13.0 Å². The summed E-state index contributed by atoms with van der Waals surface area (Å²) >= 11 is 0. The fourth-order valence-electron chi connectivity index (χ4n) is 3.18. The van der Waals surface area contributed by atoms with Gasteiger partial charge in [-0.25, -0.2) is 0 Å². The molecule has 0 aromatic heterocycles. The number of anilines is 1. The standard InChI is InChI=1S/C16H26N2O/c1-11-8-9-18(12(2)10-11)14-6-5-7-15(19-4)16(14)13(3)17/h5-7,11-13H,8-10,17H2,1-4H3. The van der Waals surface area contributed by atoms with Crippen LogP contribution in [-0.2, 0) is 0 Å². The molecule has 19 heavy (non-hydrogen) atoms. The Morgan fingerprint density at radius 2 is 2.11 bits per heavy atom. The largest absolute Gasteiger partial charge is 0.496 e. The van der Waals surface area contributed by atoms with Crippen LogP contribution in [0, 0.1) is 5.92 Å². The van der Waals surface area contributed by atoms with E-state index in [1.807, 2.05) is 13.0 Å². The van der Waals surface area contributed by atoms with E-state index >= 15 is 0 Å². The van der Waals surface area contributed by atoms with Crippen molar-refractivity contribution in [2.75, 3.05) is 18.6 Å². The molecule has 1 fully saturated rings. The summed E-state index contributed by atoms with van der Waals surface area (Å²) in [6.45, 7) is 7.78. The number of ether oxygens (including phenoxy) is 1. The molecule has 3 atom stereocenters. The molecule has 1 aliphatic rings. The maximum absolute atomic E-state index is 6.16. The number of benzene rings is 1. The van der Waals surface area contributed by atoms with Crippen molar-refractivity contribution in [3.63, 3.8) is 0 Å². The maximum Gasteiger partial charge on any atom is 0.125 e. The number of rotatable bonds is 3. The average Bonchev–Trinajstić information content (AvgIpc) is 2.37. The monoisotopic (exact) mass is 262 g/mol. The molecular formula is C16H26N2O. The van der Waals surface area contributed by atoms with E-state index in [1.54, 1.807) is 7.11 Å². The highest BCUT2D eigenvalue weighted by Crippen LogP contribution is 2.37. The number of nitrogens with two attached hydrogens (primary N) is 1. The van der Waals surface area contributed by atoms with Gasteiger partial charge in [0.25, 0.3) is 0 Å². The summed E-state index contributed by atoms with van der Waals surface area (Å²) in [5.74, 6) is 1.72. The molecule has 3 unspecified atom stereocenters. The van der Waals surface area contributed by atoms with Gasteiger partial charge in [0.2, 0.25) is 0 Å². The molecule has 1 aromatic carbocycles. The average molecular weight is 262 g/mol. The molecule has 0 amide bonds. The summed E-state index contributed by atoms with van der Waals surface area (Å²) in [5, 5.41) is 0. The molecule has 0 aliphatic carbocycles. The van der Waals surface area contributed by atoms with Crippen LogP contribution in [0.5, 0.6) is 5.75 Å². The summed E-state index contributed by atoms with van der Waals surface area (Å²) in [6, 6.07) is 6.78. The molecule has 2 rings (SSSR count). The van der Waals surface area contributed by atoms with Gasteiger partial charge in [0.05, 0.1) is 7.11 Å². The van der Waals surface area contributed by atoms with E-state index in [0.29, 0.717) is 6.04 Å². The predicted molar refractivity (Wildman–Crippen MR) is 80.8 cm³/mol. The van der Waals surface area contributed by atoms with E-state index in [0.717, 1.165) is 23.8 Å². The van der Waals surface area contributed by atoms with Crippen molar-refractivity contribution in [1.29, 1.82) is 0 Å². The van der Waals surface area contributed by atoms with Crippen LogP contribution in [0.3, 0.4) is 0 Å². The zero-order valence-electron chi connectivity index (χ0n) is 12.5. The molecule has 1 heterocycles. The van der Waals surface area contributed by atoms with Crippen molar-refractivity contribution in [2.24, 2.45) is 11.7 Å².